The molecule has 1 heterocycles. The number of nitriles is 1. The molecule has 0 aliphatic carbocycles. The monoisotopic (exact) mass is 263 g/mol. The van der Waals surface area contributed by atoms with Gasteiger partial charge in [-0.3, -0.25) is 0 Å². The molecule has 0 bridgehead atoms. The van der Waals surface area contributed by atoms with Crippen molar-refractivity contribution in [2.45, 2.75) is 42.6 Å². The molecule has 1 aromatic rings. The van der Waals surface area contributed by atoms with E-state index in [0.29, 0.717) is 10.8 Å². The summed E-state index contributed by atoms with van der Waals surface area (Å²) in [6.07, 6.45) is 0.724. The summed E-state index contributed by atoms with van der Waals surface area (Å²) in [5.74, 6) is 0. The van der Waals surface area contributed by atoms with Crippen LogP contribution in [0.15, 0.2) is 23.1 Å². The normalized spacial score (nSPS) is 24.8. The Morgan fingerprint density at radius 1 is 1.56 bits per heavy atom. The Balaban J connectivity index is 2.26. The quantitative estimate of drug-likeness (QED) is 0.911. The molecule has 2 rings (SSSR count). The first kappa shape index (κ1) is 13.4. The fraction of sp³-hybridized carbons (Fsp3) is 0.500. The number of nitrogens with zero attached hydrogens (tertiary/aromatic N) is 1. The van der Waals surface area contributed by atoms with Crippen LogP contribution in [0.3, 0.4) is 0 Å². The number of thioether (sulfide) groups is 1. The highest BCUT2D eigenvalue weighted by molar-refractivity contribution is 8.00. The van der Waals surface area contributed by atoms with E-state index in [1.165, 1.54) is 0 Å². The summed E-state index contributed by atoms with van der Waals surface area (Å²) in [6.45, 7) is 4.61. The highest BCUT2D eigenvalue weighted by atomic mass is 32.2. The Hall–Kier alpha value is -1.02. The number of hydrogen-bond acceptors (Lipinski definition) is 4. The molecule has 0 aromatic heterocycles. The minimum absolute atomic E-state index is 0.225. The minimum Gasteiger partial charge on any atom is -0.389 e. The predicted octanol–water partition coefficient (Wildman–Crippen LogP) is 2.88. The molecule has 1 aliphatic heterocycles. The van der Waals surface area contributed by atoms with Crippen LogP contribution in [-0.2, 0) is 4.74 Å². The number of benzene rings is 1. The lowest BCUT2D eigenvalue weighted by Gasteiger charge is -2.17. The van der Waals surface area contributed by atoms with Crippen LogP contribution in [0, 0.1) is 11.3 Å². The van der Waals surface area contributed by atoms with Gasteiger partial charge in [0, 0.05) is 16.8 Å². The molecular weight excluding hydrogens is 246 g/mol. The third-order valence-electron chi connectivity index (χ3n) is 3.18. The van der Waals surface area contributed by atoms with E-state index in [9.17, 15) is 5.11 Å². The van der Waals surface area contributed by atoms with Gasteiger partial charge in [-0.05, 0) is 38.0 Å². The zero-order valence-electron chi connectivity index (χ0n) is 10.6. The van der Waals surface area contributed by atoms with Gasteiger partial charge in [-0.1, -0.05) is 6.07 Å². The lowest BCUT2D eigenvalue weighted by molar-refractivity contribution is 0.127. The largest absolute Gasteiger partial charge is 0.389 e. The van der Waals surface area contributed by atoms with Crippen molar-refractivity contribution in [2.24, 2.45) is 0 Å². The third kappa shape index (κ3) is 2.86. The van der Waals surface area contributed by atoms with Gasteiger partial charge in [-0.15, -0.1) is 11.8 Å². The molecule has 96 valence electrons. The maximum atomic E-state index is 9.78. The number of hydrogen-bond donors (Lipinski definition) is 1. The Morgan fingerprint density at radius 3 is 2.89 bits per heavy atom. The van der Waals surface area contributed by atoms with E-state index >= 15 is 0 Å². The average molecular weight is 263 g/mol. The van der Waals surface area contributed by atoms with Gasteiger partial charge in [0.25, 0.3) is 0 Å². The standard InChI is InChI=1S/C14H17NO2S/c1-9(16)12-4-3-11(8-15)7-14(12)18-13-5-6-17-10(13)2/h3-4,7,9-10,13,16H,5-6H2,1-2H3/t9-,10?,13?/m0/s1. The van der Waals surface area contributed by atoms with Crippen molar-refractivity contribution in [3.05, 3.63) is 29.3 Å². The van der Waals surface area contributed by atoms with Crippen LogP contribution in [0.5, 0.6) is 0 Å². The van der Waals surface area contributed by atoms with Crippen LogP contribution >= 0.6 is 11.8 Å². The molecule has 3 atom stereocenters. The summed E-state index contributed by atoms with van der Waals surface area (Å²) in [4.78, 5) is 0.992. The van der Waals surface area contributed by atoms with Crippen molar-refractivity contribution in [3.8, 4) is 6.07 Å². The van der Waals surface area contributed by atoms with Crippen molar-refractivity contribution in [1.29, 1.82) is 5.26 Å². The van der Waals surface area contributed by atoms with E-state index in [0.717, 1.165) is 23.5 Å². The van der Waals surface area contributed by atoms with Crippen LogP contribution < -0.4 is 0 Å². The van der Waals surface area contributed by atoms with Gasteiger partial charge < -0.3 is 9.84 Å². The number of aliphatic hydroxyl groups excluding tert-OH is 1. The van der Waals surface area contributed by atoms with Crippen molar-refractivity contribution in [2.75, 3.05) is 6.61 Å². The lowest BCUT2D eigenvalue weighted by Crippen LogP contribution is -2.13. The molecule has 2 unspecified atom stereocenters. The molecule has 1 fully saturated rings. The number of ether oxygens (including phenoxy) is 1. The summed E-state index contributed by atoms with van der Waals surface area (Å²) >= 11 is 1.71. The molecule has 0 amide bonds. The maximum absolute atomic E-state index is 9.78. The summed E-state index contributed by atoms with van der Waals surface area (Å²) in [5.41, 5.74) is 1.52. The smallest absolute Gasteiger partial charge is 0.0992 e. The molecule has 4 heteroatoms. The second-order valence-corrected chi connectivity index (χ2v) is 5.84. The van der Waals surface area contributed by atoms with E-state index in [2.05, 4.69) is 13.0 Å². The molecule has 18 heavy (non-hydrogen) atoms. The molecular formula is C14H17NO2S. The molecule has 1 N–H and O–H groups in total. The summed E-state index contributed by atoms with van der Waals surface area (Å²) in [5, 5.41) is 19.1. The van der Waals surface area contributed by atoms with E-state index in [-0.39, 0.29) is 6.10 Å². The minimum atomic E-state index is -0.516. The highest BCUT2D eigenvalue weighted by Gasteiger charge is 2.26. The van der Waals surface area contributed by atoms with Crippen LogP contribution in [0.4, 0.5) is 0 Å². The lowest BCUT2D eigenvalue weighted by atomic mass is 10.1. The first-order chi connectivity index (χ1) is 8.61. The zero-order valence-corrected chi connectivity index (χ0v) is 11.4. The predicted molar refractivity (Wildman–Crippen MR) is 71.5 cm³/mol. The van der Waals surface area contributed by atoms with E-state index < -0.39 is 6.10 Å². The van der Waals surface area contributed by atoms with Gasteiger partial charge in [-0.2, -0.15) is 5.26 Å². The van der Waals surface area contributed by atoms with Crippen LogP contribution in [0.1, 0.15) is 37.5 Å². The Bertz CT molecular complexity index is 467. The zero-order chi connectivity index (χ0) is 13.1. The Labute approximate surface area is 112 Å². The number of rotatable bonds is 3. The van der Waals surface area contributed by atoms with Gasteiger partial charge in [0.05, 0.1) is 23.8 Å². The number of aliphatic hydroxyl groups is 1. The van der Waals surface area contributed by atoms with Crippen molar-refractivity contribution in [3.63, 3.8) is 0 Å². The summed E-state index contributed by atoms with van der Waals surface area (Å²) < 4.78 is 5.55. The molecule has 3 nitrogen and oxygen atoms in total. The van der Waals surface area contributed by atoms with Crippen LogP contribution in [-0.4, -0.2) is 23.1 Å². The average Bonchev–Trinajstić information content (AvgIpc) is 2.74. The van der Waals surface area contributed by atoms with Crippen LogP contribution in [0.25, 0.3) is 0 Å². The van der Waals surface area contributed by atoms with E-state index in [1.54, 1.807) is 24.8 Å². The second kappa shape index (κ2) is 5.75. The molecule has 1 saturated heterocycles. The summed E-state index contributed by atoms with van der Waals surface area (Å²) in [7, 11) is 0. The summed E-state index contributed by atoms with van der Waals surface area (Å²) in [6, 6.07) is 7.59. The van der Waals surface area contributed by atoms with Gasteiger partial charge in [0.1, 0.15) is 0 Å². The fourth-order valence-corrected chi connectivity index (χ4v) is 3.46. The van der Waals surface area contributed by atoms with Crippen LogP contribution in [0.2, 0.25) is 0 Å². The molecule has 0 radical (unpaired) electrons. The van der Waals surface area contributed by atoms with Crippen molar-refractivity contribution >= 4 is 11.8 Å². The first-order valence-electron chi connectivity index (χ1n) is 6.12. The SMILES string of the molecule is CC1OCCC1Sc1cc(C#N)ccc1[C@H](C)O. The topological polar surface area (TPSA) is 53.2 Å². The van der Waals surface area contributed by atoms with Crippen molar-refractivity contribution < 1.29 is 9.84 Å². The van der Waals surface area contributed by atoms with Crippen molar-refractivity contribution in [1.82, 2.24) is 0 Å². The van der Waals surface area contributed by atoms with E-state index in [1.807, 2.05) is 12.1 Å². The Morgan fingerprint density at radius 2 is 2.33 bits per heavy atom. The fourth-order valence-electron chi connectivity index (χ4n) is 2.08. The van der Waals surface area contributed by atoms with Gasteiger partial charge in [0.2, 0.25) is 0 Å². The van der Waals surface area contributed by atoms with Gasteiger partial charge in [-0.25, -0.2) is 0 Å². The maximum Gasteiger partial charge on any atom is 0.0992 e. The second-order valence-electron chi connectivity index (χ2n) is 4.56. The van der Waals surface area contributed by atoms with Gasteiger partial charge >= 0.3 is 0 Å². The molecule has 1 aromatic carbocycles. The molecule has 0 spiro atoms. The molecule has 1 aliphatic rings. The van der Waals surface area contributed by atoms with Gasteiger partial charge in [0.15, 0.2) is 0 Å². The highest BCUT2D eigenvalue weighted by Crippen LogP contribution is 2.36. The Kier molecular flexibility index (Phi) is 4.28. The molecule has 0 saturated carbocycles. The third-order valence-corrected chi connectivity index (χ3v) is 4.71. The first-order valence-corrected chi connectivity index (χ1v) is 7.00. The van der Waals surface area contributed by atoms with E-state index in [4.69, 9.17) is 10.00 Å².